The van der Waals surface area contributed by atoms with Crippen molar-refractivity contribution in [3.05, 3.63) is 29.6 Å². The summed E-state index contributed by atoms with van der Waals surface area (Å²) in [7, 11) is 0. The molecule has 0 radical (unpaired) electrons. The minimum Gasteiger partial charge on any atom is -0.490 e. The van der Waals surface area contributed by atoms with Gasteiger partial charge >= 0.3 is 0 Å². The summed E-state index contributed by atoms with van der Waals surface area (Å²) in [5.41, 5.74) is 7.08. The SMILES string of the molecule is CC(C)(C)CC1CC(N)c2cc(F)ccc2O1. The molecule has 2 nitrogen and oxygen atoms in total. The zero-order valence-electron chi connectivity index (χ0n) is 10.7. The third-order valence-corrected chi connectivity index (χ3v) is 3.02. The molecule has 0 spiro atoms. The second-order valence-electron chi connectivity index (χ2n) is 6.03. The second-order valence-corrected chi connectivity index (χ2v) is 6.03. The van der Waals surface area contributed by atoms with Gasteiger partial charge in [0.2, 0.25) is 0 Å². The van der Waals surface area contributed by atoms with Gasteiger partial charge in [0.1, 0.15) is 17.7 Å². The zero-order chi connectivity index (χ0) is 12.6. The van der Waals surface area contributed by atoms with Crippen LogP contribution in [0, 0.1) is 11.2 Å². The summed E-state index contributed by atoms with van der Waals surface area (Å²) in [6, 6.07) is 4.46. The van der Waals surface area contributed by atoms with E-state index in [4.69, 9.17) is 10.5 Å². The number of benzene rings is 1. The fourth-order valence-electron chi connectivity index (χ4n) is 2.36. The minimum atomic E-state index is -0.253. The van der Waals surface area contributed by atoms with Crippen molar-refractivity contribution in [2.45, 2.75) is 45.8 Å². The van der Waals surface area contributed by atoms with Gasteiger partial charge in [0.25, 0.3) is 0 Å². The highest BCUT2D eigenvalue weighted by atomic mass is 19.1. The van der Waals surface area contributed by atoms with Crippen molar-refractivity contribution in [2.75, 3.05) is 0 Å². The van der Waals surface area contributed by atoms with Crippen molar-refractivity contribution in [3.63, 3.8) is 0 Å². The summed E-state index contributed by atoms with van der Waals surface area (Å²) < 4.78 is 19.0. The highest BCUT2D eigenvalue weighted by Crippen LogP contribution is 2.37. The monoisotopic (exact) mass is 237 g/mol. The van der Waals surface area contributed by atoms with Gasteiger partial charge in [-0.3, -0.25) is 0 Å². The highest BCUT2D eigenvalue weighted by Gasteiger charge is 2.29. The molecule has 1 aliphatic rings. The molecular formula is C14H20FNO. The predicted molar refractivity (Wildman–Crippen MR) is 66.4 cm³/mol. The summed E-state index contributed by atoms with van der Waals surface area (Å²) >= 11 is 0. The number of ether oxygens (including phenoxy) is 1. The van der Waals surface area contributed by atoms with Crippen LogP contribution in [0.4, 0.5) is 4.39 Å². The van der Waals surface area contributed by atoms with Gasteiger partial charge in [-0.25, -0.2) is 4.39 Å². The first kappa shape index (κ1) is 12.4. The molecule has 1 aromatic rings. The van der Waals surface area contributed by atoms with E-state index in [0.717, 1.165) is 24.2 Å². The molecule has 17 heavy (non-hydrogen) atoms. The Labute approximate surface area is 102 Å². The first-order valence-electron chi connectivity index (χ1n) is 6.07. The normalized spacial score (nSPS) is 24.1. The van der Waals surface area contributed by atoms with Crippen LogP contribution in [0.3, 0.4) is 0 Å². The minimum absolute atomic E-state index is 0.123. The van der Waals surface area contributed by atoms with E-state index in [1.165, 1.54) is 12.1 Å². The maximum Gasteiger partial charge on any atom is 0.124 e. The summed E-state index contributed by atoms with van der Waals surface area (Å²) in [5.74, 6) is 0.483. The fourth-order valence-corrected chi connectivity index (χ4v) is 2.36. The first-order chi connectivity index (χ1) is 7.85. The number of nitrogens with two attached hydrogens (primary N) is 1. The fraction of sp³-hybridized carbons (Fsp3) is 0.571. The summed E-state index contributed by atoms with van der Waals surface area (Å²) in [4.78, 5) is 0. The van der Waals surface area contributed by atoms with Crippen LogP contribution >= 0.6 is 0 Å². The van der Waals surface area contributed by atoms with Gasteiger partial charge in [-0.05, 0) is 30.0 Å². The molecule has 1 aliphatic heterocycles. The lowest BCUT2D eigenvalue weighted by molar-refractivity contribution is 0.112. The number of hydrogen-bond donors (Lipinski definition) is 1. The van der Waals surface area contributed by atoms with Crippen LogP contribution in [-0.2, 0) is 0 Å². The van der Waals surface area contributed by atoms with Gasteiger partial charge in [-0.15, -0.1) is 0 Å². The molecule has 0 saturated heterocycles. The number of rotatable bonds is 1. The quantitative estimate of drug-likeness (QED) is 0.812. The molecule has 0 amide bonds. The smallest absolute Gasteiger partial charge is 0.124 e. The molecule has 94 valence electrons. The average Bonchev–Trinajstić information content (AvgIpc) is 2.17. The molecule has 1 aromatic carbocycles. The molecule has 2 atom stereocenters. The summed E-state index contributed by atoms with van der Waals surface area (Å²) in [5, 5.41) is 0. The molecule has 2 rings (SSSR count). The van der Waals surface area contributed by atoms with Crippen molar-refractivity contribution in [1.29, 1.82) is 0 Å². The van der Waals surface area contributed by atoms with Gasteiger partial charge in [-0.2, -0.15) is 0 Å². The van der Waals surface area contributed by atoms with Crippen LogP contribution in [-0.4, -0.2) is 6.10 Å². The van der Waals surface area contributed by atoms with Crippen molar-refractivity contribution in [2.24, 2.45) is 11.1 Å². The van der Waals surface area contributed by atoms with Crippen molar-refractivity contribution >= 4 is 0 Å². The largest absolute Gasteiger partial charge is 0.490 e. The van der Waals surface area contributed by atoms with E-state index < -0.39 is 0 Å². The maximum atomic E-state index is 13.1. The Morgan fingerprint density at radius 3 is 2.76 bits per heavy atom. The molecule has 2 unspecified atom stereocenters. The van der Waals surface area contributed by atoms with Crippen LogP contribution in [0.2, 0.25) is 0 Å². The molecule has 1 heterocycles. The van der Waals surface area contributed by atoms with E-state index in [0.29, 0.717) is 0 Å². The molecule has 3 heteroatoms. The molecule has 0 aliphatic carbocycles. The van der Waals surface area contributed by atoms with E-state index in [9.17, 15) is 4.39 Å². The standard InChI is InChI=1S/C14H20FNO/c1-14(2,3)8-10-7-12(16)11-6-9(15)4-5-13(11)17-10/h4-6,10,12H,7-8,16H2,1-3H3. The molecule has 0 aromatic heterocycles. The number of halogens is 1. The van der Waals surface area contributed by atoms with Crippen LogP contribution < -0.4 is 10.5 Å². The van der Waals surface area contributed by atoms with Gasteiger partial charge < -0.3 is 10.5 Å². The first-order valence-corrected chi connectivity index (χ1v) is 6.07. The van der Waals surface area contributed by atoms with E-state index in [2.05, 4.69) is 20.8 Å². The Bertz CT molecular complexity index is 411. The third kappa shape index (κ3) is 2.97. The topological polar surface area (TPSA) is 35.2 Å². The van der Waals surface area contributed by atoms with Crippen LogP contribution in [0.1, 0.15) is 45.2 Å². The molecule has 0 saturated carbocycles. The second kappa shape index (κ2) is 4.30. The third-order valence-electron chi connectivity index (χ3n) is 3.02. The number of fused-ring (bicyclic) bond motifs is 1. The zero-order valence-corrected chi connectivity index (χ0v) is 10.7. The Morgan fingerprint density at radius 1 is 1.41 bits per heavy atom. The van der Waals surface area contributed by atoms with Gasteiger partial charge in [0, 0.05) is 18.0 Å². The molecule has 0 fully saturated rings. The maximum absolute atomic E-state index is 13.1. The summed E-state index contributed by atoms with van der Waals surface area (Å²) in [6.45, 7) is 6.55. The van der Waals surface area contributed by atoms with Gasteiger partial charge in [0.15, 0.2) is 0 Å². The molecule has 0 bridgehead atoms. The Kier molecular flexibility index (Phi) is 3.13. The Balaban J connectivity index is 2.19. The van der Waals surface area contributed by atoms with Crippen LogP contribution in [0.5, 0.6) is 5.75 Å². The number of hydrogen-bond acceptors (Lipinski definition) is 2. The van der Waals surface area contributed by atoms with Crippen LogP contribution in [0.15, 0.2) is 18.2 Å². The lowest BCUT2D eigenvalue weighted by atomic mass is 9.85. The molecule has 2 N–H and O–H groups in total. The van der Waals surface area contributed by atoms with E-state index in [-0.39, 0.29) is 23.4 Å². The van der Waals surface area contributed by atoms with Crippen LogP contribution in [0.25, 0.3) is 0 Å². The predicted octanol–water partition coefficient (Wildman–Crippen LogP) is 3.41. The molecular weight excluding hydrogens is 217 g/mol. The Hall–Kier alpha value is -1.09. The van der Waals surface area contributed by atoms with Gasteiger partial charge in [0.05, 0.1) is 0 Å². The lowest BCUT2D eigenvalue weighted by Gasteiger charge is -2.33. The summed E-state index contributed by atoms with van der Waals surface area (Å²) in [6.07, 6.45) is 1.84. The van der Waals surface area contributed by atoms with Crippen molar-refractivity contribution in [1.82, 2.24) is 0 Å². The highest BCUT2D eigenvalue weighted by molar-refractivity contribution is 5.38. The van der Waals surface area contributed by atoms with Gasteiger partial charge in [-0.1, -0.05) is 20.8 Å². The van der Waals surface area contributed by atoms with E-state index in [1.807, 2.05) is 0 Å². The average molecular weight is 237 g/mol. The van der Waals surface area contributed by atoms with Crippen molar-refractivity contribution in [3.8, 4) is 5.75 Å². The van der Waals surface area contributed by atoms with E-state index >= 15 is 0 Å². The van der Waals surface area contributed by atoms with Crippen molar-refractivity contribution < 1.29 is 9.13 Å². The van der Waals surface area contributed by atoms with E-state index in [1.54, 1.807) is 6.07 Å². The Morgan fingerprint density at radius 2 is 2.12 bits per heavy atom. The lowest BCUT2D eigenvalue weighted by Crippen LogP contribution is -2.32.